The average Bonchev–Trinajstić information content (AvgIpc) is 3.75. The normalized spacial score (nSPS) is 11.9. The highest BCUT2D eigenvalue weighted by molar-refractivity contribution is 6.12. The lowest BCUT2D eigenvalue weighted by atomic mass is 9.97. The lowest BCUT2D eigenvalue weighted by Crippen LogP contribution is -2.08. The van der Waals surface area contributed by atoms with Gasteiger partial charge in [0.1, 0.15) is 0 Å². The highest BCUT2D eigenvalue weighted by atomic mass is 19.4. The number of aromatic nitrogens is 2. The summed E-state index contributed by atoms with van der Waals surface area (Å²) in [6.07, 6.45) is -4.59. The molecule has 0 unspecified atom stereocenters. The highest BCUT2D eigenvalue weighted by Crippen LogP contribution is 2.44. The number of hydrogen-bond donors (Lipinski definition) is 0. The maximum Gasteiger partial charge on any atom is 0.416 e. The van der Waals surface area contributed by atoms with Gasteiger partial charge in [0.25, 0.3) is 0 Å². The molecule has 0 saturated carbocycles. The van der Waals surface area contributed by atoms with Gasteiger partial charge >= 0.3 is 6.18 Å². The first-order valence-corrected chi connectivity index (χ1v) is 19.1. The second-order valence-electron chi connectivity index (χ2n) is 15.0. The van der Waals surface area contributed by atoms with Crippen LogP contribution >= 0.6 is 0 Å². The van der Waals surface area contributed by atoms with Gasteiger partial charge in [-0.25, -0.2) is 0 Å². The second kappa shape index (κ2) is 13.4. The van der Waals surface area contributed by atoms with Crippen LogP contribution in [0.4, 0.5) is 13.2 Å². The molecule has 0 spiro atoms. The summed E-state index contributed by atoms with van der Waals surface area (Å²) >= 11 is 0. The molecule has 2 heterocycles. The monoisotopic (exact) mass is 757 g/mol. The van der Waals surface area contributed by atoms with Crippen LogP contribution in [0.25, 0.3) is 88.4 Å². The van der Waals surface area contributed by atoms with Crippen LogP contribution in [0.1, 0.15) is 22.3 Å². The molecule has 0 saturated heterocycles. The number of benzene rings is 8. The van der Waals surface area contributed by atoms with Crippen molar-refractivity contribution in [3.05, 3.63) is 192 Å². The van der Waals surface area contributed by atoms with E-state index in [1.165, 1.54) is 11.6 Å². The van der Waals surface area contributed by atoms with E-state index >= 15 is 0 Å². The molecule has 0 N–H and O–H groups in total. The molecule has 0 aliphatic carbocycles. The van der Waals surface area contributed by atoms with Crippen molar-refractivity contribution in [2.45, 2.75) is 20.0 Å². The highest BCUT2D eigenvalue weighted by Gasteiger charge is 2.32. The van der Waals surface area contributed by atoms with Crippen LogP contribution in [0.3, 0.4) is 0 Å². The van der Waals surface area contributed by atoms with Crippen molar-refractivity contribution >= 4 is 43.6 Å². The Labute approximate surface area is 333 Å². The van der Waals surface area contributed by atoms with Gasteiger partial charge in [-0.3, -0.25) is 0 Å². The summed E-state index contributed by atoms with van der Waals surface area (Å²) in [5.74, 6) is 0. The Hall–Kier alpha value is -7.36. The minimum atomic E-state index is -4.59. The Balaban J connectivity index is 1.26. The molecule has 8 aromatic carbocycles. The fourth-order valence-electron chi connectivity index (χ4n) is 8.45. The van der Waals surface area contributed by atoms with Gasteiger partial charge < -0.3 is 9.13 Å². The molecule has 10 aromatic rings. The summed E-state index contributed by atoms with van der Waals surface area (Å²) in [5.41, 5.74) is 12.0. The number of nitrogens with zero attached hydrogens (tertiary/aromatic N) is 3. The largest absolute Gasteiger partial charge is 0.416 e. The molecule has 0 aliphatic rings. The molecular weight excluding hydrogens is 724 g/mol. The SMILES string of the molecule is Cc1ccc(-c2ccc3c(c2)c2ccccc2n3-c2ccc(C#N)cc2-c2ccc(C(F)(F)F)cc2-n2c3ccccc3c3cc(-c4ccc(C)cc4)ccc32)cc1. The zero-order chi connectivity index (χ0) is 39.7. The number of alkyl halides is 3. The molecule has 0 radical (unpaired) electrons. The third-order valence-corrected chi connectivity index (χ3v) is 11.3. The summed E-state index contributed by atoms with van der Waals surface area (Å²) in [7, 11) is 0. The summed E-state index contributed by atoms with van der Waals surface area (Å²) < 4.78 is 48.3. The van der Waals surface area contributed by atoms with Crippen LogP contribution in [0, 0.1) is 25.2 Å². The first-order chi connectivity index (χ1) is 28.2. The summed E-state index contributed by atoms with van der Waals surface area (Å²) in [4.78, 5) is 0. The minimum absolute atomic E-state index is 0.364. The first kappa shape index (κ1) is 35.1. The van der Waals surface area contributed by atoms with E-state index in [2.05, 4.69) is 109 Å². The van der Waals surface area contributed by atoms with Gasteiger partial charge in [-0.1, -0.05) is 114 Å². The van der Waals surface area contributed by atoms with E-state index < -0.39 is 11.7 Å². The lowest BCUT2D eigenvalue weighted by Gasteiger charge is -2.20. The van der Waals surface area contributed by atoms with Crippen molar-refractivity contribution in [3.8, 4) is 50.8 Å². The number of rotatable bonds is 5. The lowest BCUT2D eigenvalue weighted by molar-refractivity contribution is -0.137. The molecular formula is C52H34F3N3. The number of nitriles is 1. The van der Waals surface area contributed by atoms with Crippen LogP contribution in [0.2, 0.25) is 0 Å². The predicted octanol–water partition coefficient (Wildman–Crippen LogP) is 14.4. The van der Waals surface area contributed by atoms with Gasteiger partial charge in [0, 0.05) is 32.7 Å². The Morgan fingerprint density at radius 2 is 0.914 bits per heavy atom. The second-order valence-corrected chi connectivity index (χ2v) is 15.0. The van der Waals surface area contributed by atoms with Crippen LogP contribution in [0.15, 0.2) is 170 Å². The first-order valence-electron chi connectivity index (χ1n) is 19.1. The van der Waals surface area contributed by atoms with Gasteiger partial charge in [0.15, 0.2) is 0 Å². The van der Waals surface area contributed by atoms with E-state index in [0.29, 0.717) is 22.4 Å². The number of aryl methyl sites for hydroxylation is 2. The van der Waals surface area contributed by atoms with E-state index in [0.717, 1.165) is 83.2 Å². The molecule has 3 nitrogen and oxygen atoms in total. The van der Waals surface area contributed by atoms with Crippen LogP contribution < -0.4 is 0 Å². The predicted molar refractivity (Wildman–Crippen MR) is 231 cm³/mol. The molecule has 6 heteroatoms. The van der Waals surface area contributed by atoms with Crippen LogP contribution in [0.5, 0.6) is 0 Å². The molecule has 0 amide bonds. The molecule has 0 aliphatic heterocycles. The average molecular weight is 758 g/mol. The van der Waals surface area contributed by atoms with Crippen molar-refractivity contribution in [2.24, 2.45) is 0 Å². The maximum absolute atomic E-state index is 14.7. The number of para-hydroxylation sites is 2. The van der Waals surface area contributed by atoms with Crippen molar-refractivity contribution in [3.63, 3.8) is 0 Å². The number of hydrogen-bond acceptors (Lipinski definition) is 1. The van der Waals surface area contributed by atoms with Gasteiger partial charge in [-0.05, 0) is 103 Å². The maximum atomic E-state index is 14.7. The molecule has 10 rings (SSSR count). The number of fused-ring (bicyclic) bond motifs is 6. The van der Waals surface area contributed by atoms with E-state index in [1.807, 2.05) is 59.2 Å². The van der Waals surface area contributed by atoms with E-state index in [-0.39, 0.29) is 0 Å². The van der Waals surface area contributed by atoms with Gasteiger partial charge in [-0.2, -0.15) is 18.4 Å². The molecule has 58 heavy (non-hydrogen) atoms. The Morgan fingerprint density at radius 3 is 1.43 bits per heavy atom. The summed E-state index contributed by atoms with van der Waals surface area (Å²) in [5, 5.41) is 14.2. The Morgan fingerprint density at radius 1 is 0.431 bits per heavy atom. The third kappa shape index (κ3) is 5.74. The third-order valence-electron chi connectivity index (χ3n) is 11.3. The van der Waals surface area contributed by atoms with Crippen LogP contribution in [-0.2, 0) is 6.18 Å². The fourth-order valence-corrected chi connectivity index (χ4v) is 8.45. The molecule has 0 atom stereocenters. The Bertz CT molecular complexity index is 3290. The van der Waals surface area contributed by atoms with E-state index in [1.54, 1.807) is 18.2 Å². The Kier molecular flexibility index (Phi) is 8.10. The van der Waals surface area contributed by atoms with Gasteiger partial charge in [0.2, 0.25) is 0 Å². The van der Waals surface area contributed by atoms with E-state index in [4.69, 9.17) is 0 Å². The summed E-state index contributed by atoms with van der Waals surface area (Å²) in [6.45, 7) is 4.12. The van der Waals surface area contributed by atoms with Gasteiger partial charge in [0.05, 0.1) is 50.6 Å². The molecule has 0 fully saturated rings. The summed E-state index contributed by atoms with van der Waals surface area (Å²) in [6, 6.07) is 57.1. The number of halogens is 3. The van der Waals surface area contributed by atoms with Crippen molar-refractivity contribution in [2.75, 3.05) is 0 Å². The smallest absolute Gasteiger partial charge is 0.309 e. The van der Waals surface area contributed by atoms with Crippen LogP contribution in [-0.4, -0.2) is 9.13 Å². The zero-order valence-corrected chi connectivity index (χ0v) is 31.6. The standard InChI is InChI=1S/C52H34F3N3/c1-32-11-16-35(17-12-32)37-20-25-49-44(28-37)40-7-3-5-9-46(40)57(49)48-24-15-34(31-56)27-43(48)42-23-22-39(52(53,54)55)30-51(42)58-47-10-6-4-8-41(47)45-29-38(21-26-50(45)58)36-18-13-33(2)14-19-36/h3-30H,1-2H3. The molecule has 0 bridgehead atoms. The van der Waals surface area contributed by atoms with Crippen molar-refractivity contribution in [1.82, 2.24) is 9.13 Å². The quantitative estimate of drug-likeness (QED) is 0.172. The van der Waals surface area contributed by atoms with Gasteiger partial charge in [-0.15, -0.1) is 0 Å². The van der Waals surface area contributed by atoms with E-state index in [9.17, 15) is 18.4 Å². The molecule has 278 valence electrons. The topological polar surface area (TPSA) is 33.6 Å². The zero-order valence-electron chi connectivity index (χ0n) is 31.6. The van der Waals surface area contributed by atoms with Crippen molar-refractivity contribution < 1.29 is 13.2 Å². The fraction of sp³-hybridized carbons (Fsp3) is 0.0577. The minimum Gasteiger partial charge on any atom is -0.309 e. The van der Waals surface area contributed by atoms with Crippen molar-refractivity contribution in [1.29, 1.82) is 5.26 Å². The molecule has 2 aromatic heterocycles.